The van der Waals surface area contributed by atoms with Crippen LogP contribution >= 0.6 is 0 Å². The highest BCUT2D eigenvalue weighted by Gasteiger charge is 2.33. The Bertz CT molecular complexity index is 998. The number of nitrogens with one attached hydrogen (secondary N) is 1. The fraction of sp³-hybridized carbons (Fsp3) is 0.353. The third-order valence-corrected chi connectivity index (χ3v) is 6.17. The molecule has 0 unspecified atom stereocenters. The molecule has 0 saturated carbocycles. The van der Waals surface area contributed by atoms with Gasteiger partial charge in [-0.05, 0) is 31.0 Å². The standard InChI is InChI=1S/C17H18F2N4O4S/c18-17(19)28(26,27)14-4-2-1-3-11(14)16(25)23-7-5-10(6-8-23)12-9-13(15(20)24)22-21-12/h1-4,9-10,17H,5-8H2,(H2,20,24)(H,21,22). The SMILES string of the molecule is NC(=O)c1cc(C2CCN(C(=O)c3ccccc3S(=O)(=O)C(F)F)CC2)[nH]n1. The molecule has 0 aliphatic carbocycles. The van der Waals surface area contributed by atoms with Gasteiger partial charge in [0.25, 0.3) is 11.8 Å². The van der Waals surface area contributed by atoms with E-state index < -0.39 is 32.3 Å². The van der Waals surface area contributed by atoms with E-state index in [0.29, 0.717) is 25.9 Å². The summed E-state index contributed by atoms with van der Waals surface area (Å²) < 4.78 is 49.6. The largest absolute Gasteiger partial charge is 0.364 e. The van der Waals surface area contributed by atoms with Crippen molar-refractivity contribution < 1.29 is 26.8 Å². The molecule has 3 rings (SSSR count). The summed E-state index contributed by atoms with van der Waals surface area (Å²) >= 11 is 0. The molecule has 3 N–H and O–H groups in total. The summed E-state index contributed by atoms with van der Waals surface area (Å²) in [6, 6.07) is 6.54. The smallest absolute Gasteiger partial charge is 0.341 e. The van der Waals surface area contributed by atoms with Crippen molar-refractivity contribution in [1.82, 2.24) is 15.1 Å². The summed E-state index contributed by atoms with van der Waals surface area (Å²) in [5, 5.41) is 6.59. The fourth-order valence-corrected chi connectivity index (χ4v) is 4.15. The third-order valence-electron chi connectivity index (χ3n) is 4.73. The summed E-state index contributed by atoms with van der Waals surface area (Å²) in [6.07, 6.45) is 1.08. The van der Waals surface area contributed by atoms with Gasteiger partial charge in [-0.1, -0.05) is 12.1 Å². The minimum absolute atomic E-state index is 0.0182. The normalized spacial score (nSPS) is 15.8. The zero-order valence-corrected chi connectivity index (χ0v) is 15.5. The zero-order chi connectivity index (χ0) is 20.5. The number of rotatable bonds is 5. The van der Waals surface area contributed by atoms with Gasteiger partial charge >= 0.3 is 5.76 Å². The van der Waals surface area contributed by atoms with Crippen molar-refractivity contribution in [2.24, 2.45) is 5.73 Å². The molecule has 1 fully saturated rings. The average Bonchev–Trinajstić information content (AvgIpc) is 3.18. The fourth-order valence-electron chi connectivity index (χ4n) is 3.22. The van der Waals surface area contributed by atoms with Gasteiger partial charge in [-0.3, -0.25) is 14.7 Å². The Morgan fingerprint density at radius 3 is 2.43 bits per heavy atom. The van der Waals surface area contributed by atoms with Crippen LogP contribution in [0.2, 0.25) is 0 Å². The molecule has 150 valence electrons. The van der Waals surface area contributed by atoms with Crippen molar-refractivity contribution in [1.29, 1.82) is 0 Å². The molecule has 2 aromatic rings. The van der Waals surface area contributed by atoms with Crippen molar-refractivity contribution in [3.63, 3.8) is 0 Å². The van der Waals surface area contributed by atoms with Crippen molar-refractivity contribution in [2.45, 2.75) is 29.4 Å². The molecule has 0 bridgehead atoms. The molecule has 0 radical (unpaired) electrons. The molecule has 0 spiro atoms. The second-order valence-electron chi connectivity index (χ2n) is 6.44. The van der Waals surface area contributed by atoms with Crippen LogP contribution in [0.5, 0.6) is 0 Å². The van der Waals surface area contributed by atoms with Gasteiger partial charge in [0, 0.05) is 24.7 Å². The Hall–Kier alpha value is -2.82. The summed E-state index contributed by atoms with van der Waals surface area (Å²) in [7, 11) is -4.89. The quantitative estimate of drug-likeness (QED) is 0.770. The van der Waals surface area contributed by atoms with Crippen molar-refractivity contribution in [2.75, 3.05) is 13.1 Å². The van der Waals surface area contributed by atoms with E-state index in [1.807, 2.05) is 0 Å². The van der Waals surface area contributed by atoms with E-state index in [9.17, 15) is 26.8 Å². The van der Waals surface area contributed by atoms with Gasteiger partial charge < -0.3 is 10.6 Å². The summed E-state index contributed by atoms with van der Waals surface area (Å²) in [4.78, 5) is 24.7. The molecule has 8 nitrogen and oxygen atoms in total. The van der Waals surface area contributed by atoms with Crippen LogP contribution in [0.1, 0.15) is 45.3 Å². The van der Waals surface area contributed by atoms with Crippen LogP contribution in [0, 0.1) is 0 Å². The highest BCUT2D eigenvalue weighted by Crippen LogP contribution is 2.29. The lowest BCUT2D eigenvalue weighted by molar-refractivity contribution is 0.0708. The first kappa shape index (κ1) is 19.9. The van der Waals surface area contributed by atoms with Crippen LogP contribution in [-0.2, 0) is 9.84 Å². The van der Waals surface area contributed by atoms with Crippen molar-refractivity contribution >= 4 is 21.7 Å². The summed E-state index contributed by atoms with van der Waals surface area (Å²) in [5.74, 6) is -4.84. The van der Waals surface area contributed by atoms with Gasteiger partial charge in [0.2, 0.25) is 9.84 Å². The molecule has 1 aliphatic heterocycles. The number of sulfone groups is 1. The van der Waals surface area contributed by atoms with Crippen molar-refractivity contribution in [3.8, 4) is 0 Å². The third kappa shape index (κ3) is 3.75. The zero-order valence-electron chi connectivity index (χ0n) is 14.6. The maximum Gasteiger partial charge on any atom is 0.341 e. The predicted molar refractivity (Wildman–Crippen MR) is 94.6 cm³/mol. The Labute approximate surface area is 159 Å². The molecule has 1 saturated heterocycles. The van der Waals surface area contributed by atoms with E-state index in [4.69, 9.17) is 5.73 Å². The van der Waals surface area contributed by atoms with E-state index in [-0.39, 0.29) is 17.2 Å². The van der Waals surface area contributed by atoms with Crippen LogP contribution in [0.25, 0.3) is 0 Å². The van der Waals surface area contributed by atoms with Crippen molar-refractivity contribution in [3.05, 3.63) is 47.3 Å². The van der Waals surface area contributed by atoms with Crippen LogP contribution < -0.4 is 5.73 Å². The van der Waals surface area contributed by atoms with E-state index in [1.165, 1.54) is 23.1 Å². The lowest BCUT2D eigenvalue weighted by Crippen LogP contribution is -2.38. The first-order valence-electron chi connectivity index (χ1n) is 8.47. The second kappa shape index (κ2) is 7.66. The van der Waals surface area contributed by atoms with Gasteiger partial charge in [-0.15, -0.1) is 0 Å². The number of piperidine rings is 1. The molecule has 1 aliphatic rings. The molecular weight excluding hydrogens is 394 g/mol. The number of benzene rings is 1. The number of alkyl halides is 2. The Kier molecular flexibility index (Phi) is 5.45. The molecule has 1 aromatic heterocycles. The van der Waals surface area contributed by atoms with E-state index in [0.717, 1.165) is 11.8 Å². The van der Waals surface area contributed by atoms with E-state index in [2.05, 4.69) is 10.2 Å². The lowest BCUT2D eigenvalue weighted by Gasteiger charge is -2.32. The maximum absolute atomic E-state index is 12.9. The van der Waals surface area contributed by atoms with E-state index >= 15 is 0 Å². The number of halogens is 2. The van der Waals surface area contributed by atoms with Crippen LogP contribution in [-0.4, -0.2) is 54.2 Å². The number of hydrogen-bond donors (Lipinski definition) is 2. The highest BCUT2D eigenvalue weighted by molar-refractivity contribution is 7.91. The number of primary amides is 1. The van der Waals surface area contributed by atoms with E-state index in [1.54, 1.807) is 6.07 Å². The Balaban J connectivity index is 1.75. The van der Waals surface area contributed by atoms with Gasteiger partial charge in [-0.2, -0.15) is 13.9 Å². The van der Waals surface area contributed by atoms with Gasteiger partial charge in [0.1, 0.15) is 5.69 Å². The molecule has 11 heteroatoms. The lowest BCUT2D eigenvalue weighted by atomic mass is 9.93. The summed E-state index contributed by atoms with van der Waals surface area (Å²) in [5.41, 5.74) is 5.76. The van der Waals surface area contributed by atoms with Gasteiger partial charge in [-0.25, -0.2) is 8.42 Å². The minimum Gasteiger partial charge on any atom is -0.364 e. The van der Waals surface area contributed by atoms with Crippen LogP contribution in [0.3, 0.4) is 0 Å². The monoisotopic (exact) mass is 412 g/mol. The number of aromatic nitrogens is 2. The number of hydrogen-bond acceptors (Lipinski definition) is 5. The minimum atomic E-state index is -4.89. The van der Waals surface area contributed by atoms with Gasteiger partial charge in [0.05, 0.1) is 10.5 Å². The molecular formula is C17H18F2N4O4S. The maximum atomic E-state index is 12.9. The number of H-pyrrole nitrogens is 1. The first-order valence-corrected chi connectivity index (χ1v) is 10.0. The second-order valence-corrected chi connectivity index (χ2v) is 8.33. The number of nitrogens with zero attached hydrogens (tertiary/aromatic N) is 2. The predicted octanol–water partition coefficient (Wildman–Crippen LogP) is 1.52. The summed E-state index contributed by atoms with van der Waals surface area (Å²) in [6.45, 7) is 0.606. The van der Waals surface area contributed by atoms with Gasteiger partial charge in [0.15, 0.2) is 0 Å². The molecule has 28 heavy (non-hydrogen) atoms. The number of carbonyl (C=O) groups is 2. The first-order chi connectivity index (χ1) is 13.2. The number of carbonyl (C=O) groups excluding carboxylic acids is 2. The number of nitrogens with two attached hydrogens (primary N) is 1. The van der Waals surface area contributed by atoms with Crippen LogP contribution in [0.4, 0.5) is 8.78 Å². The van der Waals surface area contributed by atoms with Crippen LogP contribution in [0.15, 0.2) is 35.2 Å². The number of aromatic amines is 1. The topological polar surface area (TPSA) is 126 Å². The molecule has 1 aromatic carbocycles. The number of amides is 2. The average molecular weight is 412 g/mol. The molecule has 0 atom stereocenters. The Morgan fingerprint density at radius 2 is 1.86 bits per heavy atom. The molecule has 2 amide bonds. The highest BCUT2D eigenvalue weighted by atomic mass is 32.2. The Morgan fingerprint density at radius 1 is 1.21 bits per heavy atom. The molecule has 2 heterocycles. The number of likely N-dealkylation sites (tertiary alicyclic amines) is 1.